The van der Waals surface area contributed by atoms with Crippen LogP contribution in [0.4, 0.5) is 4.79 Å². The lowest BCUT2D eigenvalue weighted by atomic mass is 10.1. The smallest absolute Gasteiger partial charge is 0.314 e. The number of nitrogens with one attached hydrogen (secondary N) is 2. The summed E-state index contributed by atoms with van der Waals surface area (Å²) in [6.07, 6.45) is 2.64. The summed E-state index contributed by atoms with van der Waals surface area (Å²) in [6, 6.07) is 7.82. The molecular weight excluding hydrogens is 298 g/mol. The van der Waals surface area contributed by atoms with Crippen LogP contribution < -0.4 is 15.4 Å². The summed E-state index contributed by atoms with van der Waals surface area (Å²) >= 11 is 1.61. The van der Waals surface area contributed by atoms with E-state index in [0.717, 1.165) is 17.2 Å². The molecular formula is C16H19N3O2S. The van der Waals surface area contributed by atoms with Crippen LogP contribution in [-0.4, -0.2) is 30.2 Å². The lowest BCUT2D eigenvalue weighted by Gasteiger charge is -2.14. The van der Waals surface area contributed by atoms with E-state index in [0.29, 0.717) is 13.1 Å². The van der Waals surface area contributed by atoms with Gasteiger partial charge in [0.05, 0.1) is 11.6 Å². The van der Waals surface area contributed by atoms with Crippen molar-refractivity contribution in [2.75, 3.05) is 13.1 Å². The van der Waals surface area contributed by atoms with Crippen LogP contribution in [0.5, 0.6) is 5.75 Å². The highest BCUT2D eigenvalue weighted by Crippen LogP contribution is 2.27. The summed E-state index contributed by atoms with van der Waals surface area (Å²) in [5.74, 6) is 1.14. The minimum Gasteiger partial charge on any atom is -0.488 e. The quantitative estimate of drug-likeness (QED) is 0.891. The molecule has 0 unspecified atom stereocenters. The number of para-hydroxylation sites is 1. The Bertz CT molecular complexity index is 605. The molecule has 2 aromatic rings. The molecule has 1 aliphatic heterocycles. The second-order valence-corrected chi connectivity index (χ2v) is 6.34. The predicted molar refractivity (Wildman–Crippen MR) is 86.5 cm³/mol. The third kappa shape index (κ3) is 3.57. The first-order valence-corrected chi connectivity index (χ1v) is 8.26. The van der Waals surface area contributed by atoms with E-state index in [1.807, 2.05) is 23.6 Å². The average Bonchev–Trinajstić information content (AvgIpc) is 3.19. The molecule has 2 amide bonds. The number of carbonyl (C=O) groups excluding carboxylic acids is 1. The van der Waals surface area contributed by atoms with Crippen LogP contribution in [-0.2, 0) is 6.42 Å². The van der Waals surface area contributed by atoms with Gasteiger partial charge in [0.25, 0.3) is 0 Å². The molecule has 2 heterocycles. The molecule has 1 aromatic carbocycles. The maximum absolute atomic E-state index is 11.9. The number of thiazole rings is 1. The van der Waals surface area contributed by atoms with Crippen molar-refractivity contribution >= 4 is 17.4 Å². The first-order chi connectivity index (χ1) is 10.7. The third-order valence-electron chi connectivity index (χ3n) is 3.65. The maximum Gasteiger partial charge on any atom is 0.314 e. The Morgan fingerprint density at radius 3 is 3.09 bits per heavy atom. The van der Waals surface area contributed by atoms with E-state index in [-0.39, 0.29) is 18.1 Å². The second-order valence-electron chi connectivity index (χ2n) is 5.41. The van der Waals surface area contributed by atoms with Gasteiger partial charge >= 0.3 is 6.03 Å². The number of aromatic nitrogens is 1. The van der Waals surface area contributed by atoms with Crippen molar-refractivity contribution in [3.63, 3.8) is 0 Å². The van der Waals surface area contributed by atoms with Crippen molar-refractivity contribution in [1.82, 2.24) is 15.6 Å². The number of carbonyl (C=O) groups is 1. The summed E-state index contributed by atoms with van der Waals surface area (Å²) in [6.45, 7) is 3.13. The minimum atomic E-state index is -0.164. The zero-order valence-electron chi connectivity index (χ0n) is 12.4. The van der Waals surface area contributed by atoms with Crippen LogP contribution in [0.25, 0.3) is 0 Å². The highest BCUT2D eigenvalue weighted by molar-refractivity contribution is 7.09. The fourth-order valence-corrected chi connectivity index (χ4v) is 3.15. The first kappa shape index (κ1) is 14.8. The highest BCUT2D eigenvalue weighted by Gasteiger charge is 2.22. The SMILES string of the molecule is C[C@H](CNC(=O)NC[C@H]1Cc2ccccc2O1)c1nccs1. The Kier molecular flexibility index (Phi) is 4.58. The van der Waals surface area contributed by atoms with Gasteiger partial charge in [0, 0.05) is 30.5 Å². The van der Waals surface area contributed by atoms with Crippen LogP contribution in [0.2, 0.25) is 0 Å². The summed E-state index contributed by atoms with van der Waals surface area (Å²) in [5.41, 5.74) is 1.20. The summed E-state index contributed by atoms with van der Waals surface area (Å²) in [5, 5.41) is 8.73. The standard InChI is InChI=1S/C16H19N3O2S/c1-11(15-17-6-7-22-15)9-18-16(20)19-10-13-8-12-4-2-3-5-14(12)21-13/h2-7,11,13H,8-10H2,1H3,(H2,18,19,20)/t11-,13-/m1/s1. The van der Waals surface area contributed by atoms with Crippen LogP contribution in [0.3, 0.4) is 0 Å². The number of rotatable bonds is 5. The van der Waals surface area contributed by atoms with Crippen molar-refractivity contribution in [2.24, 2.45) is 0 Å². The Morgan fingerprint density at radius 2 is 2.32 bits per heavy atom. The molecule has 0 saturated heterocycles. The zero-order valence-corrected chi connectivity index (χ0v) is 13.2. The van der Waals surface area contributed by atoms with Crippen molar-refractivity contribution in [3.05, 3.63) is 46.4 Å². The molecule has 3 rings (SSSR count). The van der Waals surface area contributed by atoms with E-state index in [2.05, 4.69) is 28.6 Å². The minimum absolute atomic E-state index is 0.0135. The summed E-state index contributed by atoms with van der Waals surface area (Å²) in [7, 11) is 0. The first-order valence-electron chi connectivity index (χ1n) is 7.38. The molecule has 2 N–H and O–H groups in total. The molecule has 0 aliphatic carbocycles. The Morgan fingerprint density at radius 1 is 1.45 bits per heavy atom. The molecule has 22 heavy (non-hydrogen) atoms. The van der Waals surface area contributed by atoms with Crippen molar-refractivity contribution in [1.29, 1.82) is 0 Å². The number of benzene rings is 1. The largest absolute Gasteiger partial charge is 0.488 e. The molecule has 0 spiro atoms. The fourth-order valence-electron chi connectivity index (χ4n) is 2.45. The molecule has 0 saturated carbocycles. The monoisotopic (exact) mass is 317 g/mol. The van der Waals surface area contributed by atoms with Crippen LogP contribution in [0.1, 0.15) is 23.4 Å². The summed E-state index contributed by atoms with van der Waals surface area (Å²) < 4.78 is 5.79. The van der Waals surface area contributed by atoms with Gasteiger partial charge in [-0.2, -0.15) is 0 Å². The van der Waals surface area contributed by atoms with Crippen molar-refractivity contribution in [3.8, 4) is 5.75 Å². The topological polar surface area (TPSA) is 63.2 Å². The van der Waals surface area contributed by atoms with Gasteiger partial charge in [-0.05, 0) is 11.6 Å². The number of hydrogen-bond donors (Lipinski definition) is 2. The predicted octanol–water partition coefficient (Wildman–Crippen LogP) is 2.55. The molecule has 0 bridgehead atoms. The normalized spacial score (nSPS) is 17.4. The number of urea groups is 1. The van der Waals surface area contributed by atoms with Gasteiger partial charge in [0.15, 0.2) is 0 Å². The number of ether oxygens (including phenoxy) is 1. The van der Waals surface area contributed by atoms with Gasteiger partial charge in [0.1, 0.15) is 11.9 Å². The van der Waals surface area contributed by atoms with Gasteiger partial charge in [-0.15, -0.1) is 11.3 Å². The molecule has 5 nitrogen and oxygen atoms in total. The van der Waals surface area contributed by atoms with E-state index in [4.69, 9.17) is 4.74 Å². The van der Waals surface area contributed by atoms with Gasteiger partial charge in [-0.3, -0.25) is 0 Å². The molecule has 116 valence electrons. The van der Waals surface area contributed by atoms with Crippen molar-refractivity contribution in [2.45, 2.75) is 25.4 Å². The molecule has 6 heteroatoms. The lowest BCUT2D eigenvalue weighted by molar-refractivity contribution is 0.213. The summed E-state index contributed by atoms with van der Waals surface area (Å²) in [4.78, 5) is 16.1. The van der Waals surface area contributed by atoms with Crippen molar-refractivity contribution < 1.29 is 9.53 Å². The zero-order chi connectivity index (χ0) is 15.4. The maximum atomic E-state index is 11.9. The number of nitrogens with zero attached hydrogens (tertiary/aromatic N) is 1. The molecule has 0 fully saturated rings. The molecule has 2 atom stereocenters. The van der Waals surface area contributed by atoms with E-state index < -0.39 is 0 Å². The van der Waals surface area contributed by atoms with Gasteiger partial charge in [-0.25, -0.2) is 9.78 Å². The van der Waals surface area contributed by atoms with Gasteiger partial charge in [-0.1, -0.05) is 25.1 Å². The van der Waals surface area contributed by atoms with Gasteiger partial charge < -0.3 is 15.4 Å². The Hall–Kier alpha value is -2.08. The van der Waals surface area contributed by atoms with Crippen LogP contribution in [0.15, 0.2) is 35.8 Å². The fraction of sp³-hybridized carbons (Fsp3) is 0.375. The number of hydrogen-bond acceptors (Lipinski definition) is 4. The number of amides is 2. The van der Waals surface area contributed by atoms with E-state index in [9.17, 15) is 4.79 Å². The van der Waals surface area contributed by atoms with Crippen LogP contribution in [0, 0.1) is 0 Å². The van der Waals surface area contributed by atoms with E-state index in [1.165, 1.54) is 5.56 Å². The average molecular weight is 317 g/mol. The third-order valence-corrected chi connectivity index (χ3v) is 4.65. The second kappa shape index (κ2) is 6.79. The molecule has 0 radical (unpaired) electrons. The van der Waals surface area contributed by atoms with E-state index >= 15 is 0 Å². The van der Waals surface area contributed by atoms with E-state index in [1.54, 1.807) is 17.5 Å². The Balaban J connectivity index is 1.39. The number of fused-ring (bicyclic) bond motifs is 1. The van der Waals surface area contributed by atoms with Crippen LogP contribution >= 0.6 is 11.3 Å². The lowest BCUT2D eigenvalue weighted by Crippen LogP contribution is -2.42. The molecule has 1 aliphatic rings. The highest BCUT2D eigenvalue weighted by atomic mass is 32.1. The molecule has 1 aromatic heterocycles. The Labute approximate surface area is 133 Å². The van der Waals surface area contributed by atoms with Gasteiger partial charge in [0.2, 0.25) is 0 Å².